The Morgan fingerprint density at radius 1 is 1.16 bits per heavy atom. The van der Waals surface area contributed by atoms with Crippen LogP contribution < -0.4 is 10.6 Å². The number of halogens is 4. The largest absolute Gasteiger partial charge is 0.335 e. The fraction of sp³-hybridized carbons (Fsp3) is 0.391. The monoisotopic (exact) mass is 462 g/mol. The van der Waals surface area contributed by atoms with E-state index in [4.69, 9.17) is 11.6 Å². The van der Waals surface area contributed by atoms with Crippen LogP contribution in [0.2, 0.25) is 5.02 Å². The number of hydrogen-bond acceptors (Lipinski definition) is 2. The highest BCUT2D eigenvalue weighted by Gasteiger charge is 2.59. The molecule has 5 rings (SSSR count). The number of rotatable bonds is 5. The van der Waals surface area contributed by atoms with Crippen molar-refractivity contribution in [1.82, 2.24) is 14.9 Å². The van der Waals surface area contributed by atoms with Crippen molar-refractivity contribution < 1.29 is 18.0 Å². The minimum Gasteiger partial charge on any atom is -0.335 e. The van der Waals surface area contributed by atoms with Crippen LogP contribution in [0, 0.1) is 35.2 Å². The fourth-order valence-electron chi connectivity index (χ4n) is 5.38. The molecule has 3 aromatic rings. The molecule has 0 spiro atoms. The lowest BCUT2D eigenvalue weighted by Gasteiger charge is -2.22. The van der Waals surface area contributed by atoms with Crippen molar-refractivity contribution in [2.75, 3.05) is 5.32 Å². The second kappa shape index (κ2) is 7.99. The van der Waals surface area contributed by atoms with Gasteiger partial charge in [-0.2, -0.15) is 0 Å². The van der Waals surface area contributed by atoms with Gasteiger partial charge in [-0.15, -0.1) is 0 Å². The summed E-state index contributed by atoms with van der Waals surface area (Å²) in [5.41, 5.74) is 1.39. The Kier molecular flexibility index (Phi) is 5.28. The highest BCUT2D eigenvalue weighted by molar-refractivity contribution is 6.30. The quantitative estimate of drug-likeness (QED) is 0.495. The van der Waals surface area contributed by atoms with Crippen molar-refractivity contribution in [2.24, 2.45) is 17.8 Å². The van der Waals surface area contributed by atoms with E-state index in [1.165, 1.54) is 18.2 Å². The fourth-order valence-corrected chi connectivity index (χ4v) is 5.50. The molecule has 0 saturated heterocycles. The van der Waals surface area contributed by atoms with Crippen molar-refractivity contribution in [2.45, 2.75) is 38.3 Å². The Morgan fingerprint density at radius 2 is 1.88 bits per heavy atom. The van der Waals surface area contributed by atoms with E-state index in [1.54, 1.807) is 12.4 Å². The third-order valence-corrected chi connectivity index (χ3v) is 7.20. The zero-order valence-electron chi connectivity index (χ0n) is 17.3. The van der Waals surface area contributed by atoms with Crippen molar-refractivity contribution in [3.8, 4) is 0 Å². The van der Waals surface area contributed by atoms with Crippen molar-refractivity contribution >= 4 is 34.4 Å². The van der Waals surface area contributed by atoms with Gasteiger partial charge in [-0.25, -0.2) is 22.9 Å². The van der Waals surface area contributed by atoms with E-state index in [0.717, 1.165) is 25.3 Å². The summed E-state index contributed by atoms with van der Waals surface area (Å²) in [6.45, 7) is 2.03. The van der Waals surface area contributed by atoms with Crippen molar-refractivity contribution in [1.29, 1.82) is 0 Å². The molecule has 2 fully saturated rings. The Balaban J connectivity index is 1.21. The van der Waals surface area contributed by atoms with Gasteiger partial charge in [0.2, 0.25) is 0 Å². The van der Waals surface area contributed by atoms with Gasteiger partial charge in [0.1, 0.15) is 5.82 Å². The van der Waals surface area contributed by atoms with Crippen LogP contribution in [0.25, 0.3) is 11.0 Å². The summed E-state index contributed by atoms with van der Waals surface area (Å²) in [4.78, 5) is 16.7. The molecule has 2 amide bonds. The number of carbonyl (C=O) groups excluding carboxylic acids is 1. The Morgan fingerprint density at radius 3 is 2.56 bits per heavy atom. The first kappa shape index (κ1) is 21.1. The lowest BCUT2D eigenvalue weighted by Crippen LogP contribution is -2.40. The van der Waals surface area contributed by atoms with Gasteiger partial charge in [0.05, 0.1) is 22.4 Å². The molecule has 0 bridgehead atoms. The molecule has 168 valence electrons. The van der Waals surface area contributed by atoms with Crippen LogP contribution in [0.5, 0.6) is 0 Å². The molecular formula is C23H22ClF3N4O. The van der Waals surface area contributed by atoms with Gasteiger partial charge in [-0.3, -0.25) is 0 Å². The third kappa shape index (κ3) is 3.70. The standard InChI is InChI=1S/C23H22ClF3N4O/c1-2-19(30-23(32)29-11-3-4-15(24)16(25)5-11)22-13-6-12(7-14(13)22)31-10-28-20-8-17(26)18(27)9-21(20)31/h3-5,8-10,12-14,19,22H,2,6-7H2,1H3,(H2,29,30,32)/t12?,13-,14+,19-,22?/m1/s1. The zero-order chi connectivity index (χ0) is 22.6. The van der Waals surface area contributed by atoms with Gasteiger partial charge in [0.25, 0.3) is 0 Å². The van der Waals surface area contributed by atoms with E-state index < -0.39 is 17.5 Å². The van der Waals surface area contributed by atoms with Gasteiger partial charge in [0.15, 0.2) is 11.6 Å². The molecule has 32 heavy (non-hydrogen) atoms. The smallest absolute Gasteiger partial charge is 0.319 e. The van der Waals surface area contributed by atoms with Gasteiger partial charge in [-0.1, -0.05) is 18.5 Å². The molecule has 2 aliphatic carbocycles. The van der Waals surface area contributed by atoms with E-state index >= 15 is 0 Å². The number of nitrogens with zero attached hydrogens (tertiary/aromatic N) is 2. The molecule has 2 saturated carbocycles. The molecule has 0 radical (unpaired) electrons. The van der Waals surface area contributed by atoms with Crippen LogP contribution >= 0.6 is 11.6 Å². The maximum atomic E-state index is 13.7. The molecule has 5 atom stereocenters. The van der Waals surface area contributed by atoms with Gasteiger partial charge < -0.3 is 15.2 Å². The number of urea groups is 1. The number of benzene rings is 2. The van der Waals surface area contributed by atoms with E-state index in [-0.39, 0.29) is 23.1 Å². The van der Waals surface area contributed by atoms with Crippen molar-refractivity contribution in [3.63, 3.8) is 0 Å². The van der Waals surface area contributed by atoms with E-state index in [0.29, 0.717) is 34.5 Å². The maximum absolute atomic E-state index is 13.7. The van der Waals surface area contributed by atoms with Gasteiger partial charge in [-0.05, 0) is 55.2 Å². The number of fused-ring (bicyclic) bond motifs is 2. The minimum atomic E-state index is -0.895. The molecular weight excluding hydrogens is 441 g/mol. The summed E-state index contributed by atoms with van der Waals surface area (Å²) in [6, 6.07) is 6.28. The molecule has 5 nitrogen and oxygen atoms in total. The highest BCUT2D eigenvalue weighted by Crippen LogP contribution is 2.62. The number of imidazole rings is 1. The third-order valence-electron chi connectivity index (χ3n) is 6.89. The molecule has 2 unspecified atom stereocenters. The minimum absolute atomic E-state index is 0.00120. The summed E-state index contributed by atoms with van der Waals surface area (Å²) in [7, 11) is 0. The highest BCUT2D eigenvalue weighted by atomic mass is 35.5. The number of nitrogens with one attached hydrogen (secondary N) is 2. The predicted octanol–water partition coefficient (Wildman–Crippen LogP) is 5.90. The molecule has 2 aromatic carbocycles. The second-order valence-electron chi connectivity index (χ2n) is 8.68. The van der Waals surface area contributed by atoms with Gasteiger partial charge >= 0.3 is 6.03 Å². The average Bonchev–Trinajstić information content (AvgIpc) is 3.08. The molecule has 2 N–H and O–H groups in total. The number of anilines is 1. The van der Waals surface area contributed by atoms with E-state index in [9.17, 15) is 18.0 Å². The number of carbonyl (C=O) groups is 1. The molecule has 2 aliphatic rings. The first-order valence-corrected chi connectivity index (χ1v) is 11.1. The first-order valence-electron chi connectivity index (χ1n) is 10.7. The van der Waals surface area contributed by atoms with Crippen LogP contribution in [0.15, 0.2) is 36.7 Å². The molecule has 9 heteroatoms. The van der Waals surface area contributed by atoms with Crippen molar-refractivity contribution in [3.05, 3.63) is 59.1 Å². The predicted molar refractivity (Wildman–Crippen MR) is 116 cm³/mol. The number of hydrogen-bond donors (Lipinski definition) is 2. The summed E-state index contributed by atoms with van der Waals surface area (Å²) in [6.07, 6.45) is 4.25. The van der Waals surface area contributed by atoms with Crippen LogP contribution in [0.3, 0.4) is 0 Å². The summed E-state index contributed by atoms with van der Waals surface area (Å²) < 4.78 is 42.7. The first-order chi connectivity index (χ1) is 15.4. The van der Waals surface area contributed by atoms with Gasteiger partial charge in [0, 0.05) is 29.9 Å². The topological polar surface area (TPSA) is 59.0 Å². The summed E-state index contributed by atoms with van der Waals surface area (Å²) in [5.74, 6) is -1.07. The summed E-state index contributed by atoms with van der Waals surface area (Å²) >= 11 is 5.68. The lowest BCUT2D eigenvalue weighted by atomic mass is 9.99. The van der Waals surface area contributed by atoms with E-state index in [1.807, 2.05) is 11.5 Å². The molecule has 0 aliphatic heterocycles. The summed E-state index contributed by atoms with van der Waals surface area (Å²) in [5, 5.41) is 5.68. The Bertz CT molecular complexity index is 1190. The van der Waals surface area contributed by atoms with Crippen LogP contribution in [-0.4, -0.2) is 21.6 Å². The number of amides is 2. The Hall–Kier alpha value is -2.74. The number of aromatic nitrogens is 2. The molecule has 1 heterocycles. The van der Waals surface area contributed by atoms with Crippen LogP contribution in [0.4, 0.5) is 23.7 Å². The van der Waals surface area contributed by atoms with E-state index in [2.05, 4.69) is 15.6 Å². The second-order valence-corrected chi connectivity index (χ2v) is 9.09. The molecule has 1 aromatic heterocycles. The maximum Gasteiger partial charge on any atom is 0.319 e. The normalized spacial score (nSPS) is 24.9. The van der Waals surface area contributed by atoms with Crippen LogP contribution in [0.1, 0.15) is 32.2 Å². The van der Waals surface area contributed by atoms with Crippen LogP contribution in [-0.2, 0) is 0 Å². The SMILES string of the molecule is CC[C@@H](NC(=O)Nc1ccc(Cl)c(F)c1)C1[C@H]2CC(n3cnc4cc(F)c(F)cc43)C[C@@H]12. The Labute approximate surface area is 188 Å². The average molecular weight is 463 g/mol. The lowest BCUT2D eigenvalue weighted by molar-refractivity contribution is 0.244. The zero-order valence-corrected chi connectivity index (χ0v) is 18.0.